The summed E-state index contributed by atoms with van der Waals surface area (Å²) in [5.74, 6) is 0. The number of hydrogen-bond acceptors (Lipinski definition) is 2. The molecule has 98 valence electrons. The van der Waals surface area contributed by atoms with Crippen LogP contribution in [0.25, 0.3) is 0 Å². The normalized spacial score (nSPS) is 21.3. The van der Waals surface area contributed by atoms with Crippen molar-refractivity contribution in [3.05, 3.63) is 71.3 Å². The highest BCUT2D eigenvalue weighted by Gasteiger charge is 2.35. The zero-order chi connectivity index (χ0) is 13.1. The molecule has 1 aliphatic rings. The van der Waals surface area contributed by atoms with Crippen LogP contribution in [-0.4, -0.2) is 11.7 Å². The number of fused-ring (bicyclic) bond motifs is 1. The van der Waals surface area contributed by atoms with Crippen molar-refractivity contribution in [1.29, 1.82) is 0 Å². The molecule has 1 aliphatic carbocycles. The van der Waals surface area contributed by atoms with E-state index in [1.165, 1.54) is 11.1 Å². The topological polar surface area (TPSA) is 32.3 Å². The van der Waals surface area contributed by atoms with Crippen LogP contribution in [-0.2, 0) is 18.6 Å². The molecule has 3 rings (SSSR count). The molecule has 0 saturated carbocycles. The lowest BCUT2D eigenvalue weighted by molar-refractivity contribution is 0.0384. The Morgan fingerprint density at radius 3 is 2.58 bits per heavy atom. The largest absolute Gasteiger partial charge is 0.384 e. The zero-order valence-electron chi connectivity index (χ0n) is 11.0. The third-order valence-electron chi connectivity index (χ3n) is 3.92. The van der Waals surface area contributed by atoms with Crippen molar-refractivity contribution in [2.75, 3.05) is 6.54 Å². The van der Waals surface area contributed by atoms with E-state index >= 15 is 0 Å². The van der Waals surface area contributed by atoms with Crippen molar-refractivity contribution in [2.24, 2.45) is 0 Å². The molecule has 0 bridgehead atoms. The molecule has 0 saturated heterocycles. The Hall–Kier alpha value is -1.64. The molecule has 0 spiro atoms. The van der Waals surface area contributed by atoms with E-state index in [1.807, 2.05) is 36.4 Å². The maximum atomic E-state index is 10.8. The second kappa shape index (κ2) is 5.16. The molecule has 0 amide bonds. The van der Waals surface area contributed by atoms with Gasteiger partial charge in [0.25, 0.3) is 0 Å². The Balaban J connectivity index is 1.65. The van der Waals surface area contributed by atoms with E-state index in [0.717, 1.165) is 24.9 Å². The number of hydrogen-bond donors (Lipinski definition) is 2. The Kier molecular flexibility index (Phi) is 3.36. The van der Waals surface area contributed by atoms with E-state index in [2.05, 4.69) is 23.5 Å². The lowest BCUT2D eigenvalue weighted by Crippen LogP contribution is -2.35. The van der Waals surface area contributed by atoms with Crippen LogP contribution < -0.4 is 5.32 Å². The van der Waals surface area contributed by atoms with E-state index in [4.69, 9.17) is 0 Å². The van der Waals surface area contributed by atoms with Crippen molar-refractivity contribution >= 4 is 0 Å². The van der Waals surface area contributed by atoms with Gasteiger partial charge >= 0.3 is 0 Å². The molecule has 2 nitrogen and oxygen atoms in total. The molecule has 0 unspecified atom stereocenters. The Labute approximate surface area is 114 Å². The van der Waals surface area contributed by atoms with E-state index in [1.54, 1.807) is 0 Å². The van der Waals surface area contributed by atoms with Gasteiger partial charge in [0.15, 0.2) is 0 Å². The fourth-order valence-corrected chi connectivity index (χ4v) is 2.86. The van der Waals surface area contributed by atoms with Crippen LogP contribution in [0.3, 0.4) is 0 Å². The lowest BCUT2D eigenvalue weighted by atomic mass is 9.96. The van der Waals surface area contributed by atoms with Crippen molar-refractivity contribution in [1.82, 2.24) is 5.32 Å². The van der Waals surface area contributed by atoms with Gasteiger partial charge in [-0.2, -0.15) is 0 Å². The van der Waals surface area contributed by atoms with Gasteiger partial charge in [-0.05, 0) is 29.5 Å². The molecule has 2 heteroatoms. The predicted octanol–water partition coefficient (Wildman–Crippen LogP) is 2.61. The standard InChI is InChI=1S/C17H19NO/c19-17(11-10-15-8-4-5-9-16(15)17)13-18-12-14-6-2-1-3-7-14/h1-9,18-19H,10-13H2/t17-/m0/s1. The maximum Gasteiger partial charge on any atom is 0.103 e. The second-order valence-corrected chi connectivity index (χ2v) is 5.28. The molecule has 19 heavy (non-hydrogen) atoms. The van der Waals surface area contributed by atoms with Crippen molar-refractivity contribution in [3.63, 3.8) is 0 Å². The molecular weight excluding hydrogens is 234 g/mol. The van der Waals surface area contributed by atoms with Gasteiger partial charge in [-0.1, -0.05) is 54.6 Å². The number of benzene rings is 2. The summed E-state index contributed by atoms with van der Waals surface area (Å²) in [5.41, 5.74) is 2.92. The second-order valence-electron chi connectivity index (χ2n) is 5.28. The molecular formula is C17H19NO. The summed E-state index contributed by atoms with van der Waals surface area (Å²) in [6.07, 6.45) is 1.79. The van der Waals surface area contributed by atoms with Crippen molar-refractivity contribution in [3.8, 4) is 0 Å². The molecule has 0 aromatic heterocycles. The van der Waals surface area contributed by atoms with Crippen LogP contribution in [0.15, 0.2) is 54.6 Å². The molecule has 2 aromatic carbocycles. The fraction of sp³-hybridized carbons (Fsp3) is 0.294. The van der Waals surface area contributed by atoms with Crippen LogP contribution in [0.2, 0.25) is 0 Å². The first-order valence-electron chi connectivity index (χ1n) is 6.83. The molecule has 0 radical (unpaired) electrons. The number of rotatable bonds is 4. The smallest absolute Gasteiger partial charge is 0.103 e. The summed E-state index contributed by atoms with van der Waals surface area (Å²) in [4.78, 5) is 0. The summed E-state index contributed by atoms with van der Waals surface area (Å²) < 4.78 is 0. The van der Waals surface area contributed by atoms with Gasteiger partial charge < -0.3 is 10.4 Å². The van der Waals surface area contributed by atoms with E-state index < -0.39 is 5.60 Å². The van der Waals surface area contributed by atoms with Gasteiger partial charge in [0.05, 0.1) is 0 Å². The molecule has 0 aliphatic heterocycles. The van der Waals surface area contributed by atoms with Gasteiger partial charge in [-0.25, -0.2) is 0 Å². The summed E-state index contributed by atoms with van der Waals surface area (Å²) in [6.45, 7) is 1.41. The highest BCUT2D eigenvalue weighted by atomic mass is 16.3. The van der Waals surface area contributed by atoms with Crippen LogP contribution in [0.1, 0.15) is 23.1 Å². The molecule has 0 fully saturated rings. The number of aliphatic hydroxyl groups is 1. The van der Waals surface area contributed by atoms with Crippen LogP contribution >= 0.6 is 0 Å². The third kappa shape index (κ3) is 2.55. The summed E-state index contributed by atoms with van der Waals surface area (Å²) >= 11 is 0. The van der Waals surface area contributed by atoms with Gasteiger partial charge in [-0.15, -0.1) is 0 Å². The summed E-state index contributed by atoms with van der Waals surface area (Å²) in [6, 6.07) is 18.5. The highest BCUT2D eigenvalue weighted by Crippen LogP contribution is 2.36. The third-order valence-corrected chi connectivity index (χ3v) is 3.92. The van der Waals surface area contributed by atoms with Crippen LogP contribution in [0, 0.1) is 0 Å². The van der Waals surface area contributed by atoms with E-state index in [9.17, 15) is 5.11 Å². The Morgan fingerprint density at radius 2 is 1.74 bits per heavy atom. The van der Waals surface area contributed by atoms with Crippen molar-refractivity contribution < 1.29 is 5.11 Å². The van der Waals surface area contributed by atoms with Gasteiger partial charge in [-0.3, -0.25) is 0 Å². The Morgan fingerprint density at radius 1 is 1.00 bits per heavy atom. The fourth-order valence-electron chi connectivity index (χ4n) is 2.86. The Bertz CT molecular complexity index is 552. The maximum absolute atomic E-state index is 10.8. The van der Waals surface area contributed by atoms with E-state index in [0.29, 0.717) is 6.54 Å². The molecule has 2 N–H and O–H groups in total. The van der Waals surface area contributed by atoms with Gasteiger partial charge in [0, 0.05) is 13.1 Å². The number of aryl methyl sites for hydroxylation is 1. The molecule has 2 aromatic rings. The van der Waals surface area contributed by atoms with Crippen LogP contribution in [0.4, 0.5) is 0 Å². The average Bonchev–Trinajstić information content (AvgIpc) is 2.79. The first-order chi connectivity index (χ1) is 9.28. The van der Waals surface area contributed by atoms with Crippen LogP contribution in [0.5, 0.6) is 0 Å². The molecule has 1 atom stereocenters. The SMILES string of the molecule is O[C@]1(CNCc2ccccc2)CCc2ccccc21. The monoisotopic (exact) mass is 253 g/mol. The lowest BCUT2D eigenvalue weighted by Gasteiger charge is -2.24. The zero-order valence-corrected chi connectivity index (χ0v) is 11.0. The predicted molar refractivity (Wildman–Crippen MR) is 76.8 cm³/mol. The summed E-state index contributed by atoms with van der Waals surface area (Å²) in [5, 5.41) is 14.1. The first-order valence-corrected chi connectivity index (χ1v) is 6.83. The van der Waals surface area contributed by atoms with E-state index in [-0.39, 0.29) is 0 Å². The van der Waals surface area contributed by atoms with Gasteiger partial charge in [0.1, 0.15) is 5.60 Å². The highest BCUT2D eigenvalue weighted by molar-refractivity contribution is 5.37. The van der Waals surface area contributed by atoms with Crippen molar-refractivity contribution in [2.45, 2.75) is 25.0 Å². The minimum atomic E-state index is -0.703. The minimum Gasteiger partial charge on any atom is -0.384 e. The minimum absolute atomic E-state index is 0.610. The first kappa shape index (κ1) is 12.4. The number of nitrogens with one attached hydrogen (secondary N) is 1. The average molecular weight is 253 g/mol. The quantitative estimate of drug-likeness (QED) is 0.878. The molecule has 0 heterocycles. The van der Waals surface area contributed by atoms with Gasteiger partial charge in [0.2, 0.25) is 0 Å². The summed E-state index contributed by atoms with van der Waals surface area (Å²) in [7, 11) is 0.